The highest BCUT2D eigenvalue weighted by atomic mass is 16.2. The number of carbonyl (C=O) groups excluding carboxylic acids is 1. The van der Waals surface area contributed by atoms with Crippen molar-refractivity contribution in [3.63, 3.8) is 0 Å². The lowest BCUT2D eigenvalue weighted by Crippen LogP contribution is -2.51. The second-order valence-corrected chi connectivity index (χ2v) is 9.08. The summed E-state index contributed by atoms with van der Waals surface area (Å²) in [5.41, 5.74) is 2.19. The minimum atomic E-state index is -0.443. The maximum Gasteiger partial charge on any atom is 0.331 e. The Morgan fingerprint density at radius 2 is 1.31 bits per heavy atom. The van der Waals surface area contributed by atoms with Gasteiger partial charge in [-0.2, -0.15) is 0 Å². The number of fused-ring (bicyclic) bond motifs is 1. The van der Waals surface area contributed by atoms with Gasteiger partial charge >= 0.3 is 5.69 Å². The van der Waals surface area contributed by atoms with Gasteiger partial charge in [0.1, 0.15) is 6.54 Å². The number of benzene rings is 3. The average Bonchev–Trinajstić information content (AvgIpc) is 2.93. The number of rotatable bonds is 6. The summed E-state index contributed by atoms with van der Waals surface area (Å²) in [5.74, 6) is -0.112. The molecular formula is C29H30N4O3. The van der Waals surface area contributed by atoms with E-state index in [0.29, 0.717) is 24.0 Å². The molecule has 0 bridgehead atoms. The van der Waals surface area contributed by atoms with Crippen LogP contribution in [0.5, 0.6) is 0 Å². The molecule has 5 rings (SSSR count). The molecule has 184 valence electrons. The van der Waals surface area contributed by atoms with E-state index >= 15 is 0 Å². The molecule has 0 radical (unpaired) electrons. The molecule has 1 saturated heterocycles. The first-order valence-electron chi connectivity index (χ1n) is 12.4. The van der Waals surface area contributed by atoms with Gasteiger partial charge < -0.3 is 4.90 Å². The highest BCUT2D eigenvalue weighted by Crippen LogP contribution is 2.29. The van der Waals surface area contributed by atoms with Gasteiger partial charge in [0, 0.05) is 32.7 Å². The molecule has 1 aromatic heterocycles. The molecule has 1 aliphatic heterocycles. The van der Waals surface area contributed by atoms with Crippen molar-refractivity contribution in [3.05, 3.63) is 117 Å². The zero-order chi connectivity index (χ0) is 25.1. The number of carbonyl (C=O) groups is 1. The highest BCUT2D eigenvalue weighted by molar-refractivity contribution is 5.81. The van der Waals surface area contributed by atoms with Gasteiger partial charge in [-0.3, -0.25) is 23.6 Å². The molecule has 3 aromatic carbocycles. The van der Waals surface area contributed by atoms with E-state index in [2.05, 4.69) is 53.4 Å². The summed E-state index contributed by atoms with van der Waals surface area (Å²) in [6.07, 6.45) is 0. The predicted molar refractivity (Wildman–Crippen MR) is 141 cm³/mol. The Morgan fingerprint density at radius 1 is 0.750 bits per heavy atom. The summed E-state index contributed by atoms with van der Waals surface area (Å²) in [6, 6.07) is 28.0. The van der Waals surface area contributed by atoms with Crippen molar-refractivity contribution < 1.29 is 4.79 Å². The molecule has 1 amide bonds. The summed E-state index contributed by atoms with van der Waals surface area (Å²) in [4.78, 5) is 43.3. The monoisotopic (exact) mass is 482 g/mol. The summed E-state index contributed by atoms with van der Waals surface area (Å²) in [5, 5.41) is 0.449. The van der Waals surface area contributed by atoms with E-state index in [1.165, 1.54) is 20.3 Å². The molecule has 0 atom stereocenters. The van der Waals surface area contributed by atoms with Crippen molar-refractivity contribution in [2.45, 2.75) is 26.1 Å². The first-order valence-corrected chi connectivity index (χ1v) is 12.4. The van der Waals surface area contributed by atoms with Gasteiger partial charge in [-0.1, -0.05) is 72.8 Å². The van der Waals surface area contributed by atoms with Crippen LogP contribution in [0.1, 0.15) is 24.1 Å². The van der Waals surface area contributed by atoms with E-state index in [-0.39, 0.29) is 30.6 Å². The van der Waals surface area contributed by atoms with E-state index in [4.69, 9.17) is 0 Å². The van der Waals surface area contributed by atoms with Crippen molar-refractivity contribution >= 4 is 16.8 Å². The van der Waals surface area contributed by atoms with E-state index in [0.717, 1.165) is 13.1 Å². The zero-order valence-corrected chi connectivity index (χ0v) is 20.4. The van der Waals surface area contributed by atoms with Crippen LogP contribution in [0.25, 0.3) is 10.9 Å². The average molecular weight is 483 g/mol. The number of piperazine rings is 1. The Morgan fingerprint density at radius 3 is 1.89 bits per heavy atom. The first kappa shape index (κ1) is 23.8. The van der Waals surface area contributed by atoms with Crippen LogP contribution in [0.2, 0.25) is 0 Å². The molecule has 0 aliphatic carbocycles. The fourth-order valence-corrected chi connectivity index (χ4v) is 5.15. The number of nitrogens with zero attached hydrogens (tertiary/aromatic N) is 4. The third-order valence-electron chi connectivity index (χ3n) is 7.00. The fourth-order valence-electron chi connectivity index (χ4n) is 5.15. The maximum atomic E-state index is 13.3. The van der Waals surface area contributed by atoms with E-state index in [1.54, 1.807) is 31.2 Å². The van der Waals surface area contributed by atoms with Gasteiger partial charge in [0.05, 0.1) is 16.9 Å². The lowest BCUT2D eigenvalue weighted by Gasteiger charge is -2.40. The van der Waals surface area contributed by atoms with Crippen LogP contribution in [0.15, 0.2) is 94.5 Å². The van der Waals surface area contributed by atoms with E-state index < -0.39 is 5.69 Å². The van der Waals surface area contributed by atoms with Crippen LogP contribution in [0.4, 0.5) is 0 Å². The van der Waals surface area contributed by atoms with Gasteiger partial charge in [-0.15, -0.1) is 0 Å². The summed E-state index contributed by atoms with van der Waals surface area (Å²) in [7, 11) is 0. The number of aromatic nitrogens is 2. The van der Waals surface area contributed by atoms with Crippen LogP contribution in [-0.4, -0.2) is 51.0 Å². The van der Waals surface area contributed by atoms with Crippen molar-refractivity contribution in [1.82, 2.24) is 18.9 Å². The van der Waals surface area contributed by atoms with Crippen LogP contribution >= 0.6 is 0 Å². The molecule has 7 nitrogen and oxygen atoms in total. The molecule has 0 spiro atoms. The van der Waals surface area contributed by atoms with Gasteiger partial charge in [-0.25, -0.2) is 4.79 Å². The third-order valence-corrected chi connectivity index (χ3v) is 7.00. The lowest BCUT2D eigenvalue weighted by atomic mass is 9.96. The normalized spacial score (nSPS) is 14.4. The molecule has 0 N–H and O–H groups in total. The van der Waals surface area contributed by atoms with E-state index in [9.17, 15) is 14.4 Å². The van der Waals surface area contributed by atoms with Crippen molar-refractivity contribution in [3.8, 4) is 0 Å². The molecule has 1 fully saturated rings. The Bertz CT molecular complexity index is 1430. The van der Waals surface area contributed by atoms with Crippen LogP contribution in [0.3, 0.4) is 0 Å². The molecular weight excluding hydrogens is 452 g/mol. The molecule has 1 aliphatic rings. The van der Waals surface area contributed by atoms with Gasteiger partial charge in [0.15, 0.2) is 0 Å². The maximum absolute atomic E-state index is 13.3. The van der Waals surface area contributed by atoms with Crippen molar-refractivity contribution in [2.75, 3.05) is 26.2 Å². The highest BCUT2D eigenvalue weighted by Gasteiger charge is 2.28. The van der Waals surface area contributed by atoms with Crippen LogP contribution in [-0.2, 0) is 17.9 Å². The molecule has 2 heterocycles. The summed E-state index contributed by atoms with van der Waals surface area (Å²) in [6.45, 7) is 4.55. The Hall–Kier alpha value is -3.97. The van der Waals surface area contributed by atoms with Crippen LogP contribution < -0.4 is 11.2 Å². The van der Waals surface area contributed by atoms with E-state index in [1.807, 2.05) is 17.0 Å². The molecule has 36 heavy (non-hydrogen) atoms. The van der Waals surface area contributed by atoms with Crippen molar-refractivity contribution in [1.29, 1.82) is 0 Å². The minimum absolute atomic E-state index is 0.0829. The Kier molecular flexibility index (Phi) is 6.82. The number of hydrogen-bond donors (Lipinski definition) is 0. The topological polar surface area (TPSA) is 67.6 Å². The van der Waals surface area contributed by atoms with Crippen molar-refractivity contribution in [2.24, 2.45) is 0 Å². The smallest absolute Gasteiger partial charge is 0.331 e. The van der Waals surface area contributed by atoms with Gasteiger partial charge in [0.2, 0.25) is 5.91 Å². The quantitative estimate of drug-likeness (QED) is 0.424. The van der Waals surface area contributed by atoms with Gasteiger partial charge in [-0.05, 0) is 30.2 Å². The lowest BCUT2D eigenvalue weighted by molar-refractivity contribution is -0.133. The number of hydrogen-bond acceptors (Lipinski definition) is 4. The fraction of sp³-hybridized carbons (Fsp3) is 0.276. The second kappa shape index (κ2) is 10.3. The first-order chi connectivity index (χ1) is 17.6. The molecule has 0 saturated carbocycles. The van der Waals surface area contributed by atoms with Gasteiger partial charge in [0.25, 0.3) is 5.56 Å². The summed E-state index contributed by atoms with van der Waals surface area (Å²) < 4.78 is 2.63. The molecule has 4 aromatic rings. The molecule has 0 unspecified atom stereocenters. The Balaban J connectivity index is 1.36. The number of para-hydroxylation sites is 1. The summed E-state index contributed by atoms with van der Waals surface area (Å²) >= 11 is 0. The second-order valence-electron chi connectivity index (χ2n) is 9.08. The Labute approximate surface area is 209 Å². The SMILES string of the molecule is CCn1c(=O)c2ccccc2n(CC(=O)N2CCN(C(c3ccccc3)c3ccccc3)CC2)c1=O. The zero-order valence-electron chi connectivity index (χ0n) is 20.4. The predicted octanol–water partition coefficient (Wildman–Crippen LogP) is 3.12. The number of amides is 1. The van der Waals surface area contributed by atoms with Crippen LogP contribution in [0, 0.1) is 0 Å². The third kappa shape index (κ3) is 4.50. The minimum Gasteiger partial charge on any atom is -0.339 e. The standard InChI is InChI=1S/C29H30N4O3/c1-2-32-28(35)24-15-9-10-16-25(24)33(29(32)36)21-26(34)30-17-19-31(20-18-30)27(22-11-5-3-6-12-22)23-13-7-4-8-14-23/h3-16,27H,2,17-21H2,1H3. The largest absolute Gasteiger partial charge is 0.339 e. The molecule has 7 heteroatoms.